The molecule has 0 fully saturated rings. The fourth-order valence-electron chi connectivity index (χ4n) is 0.807. The van der Waals surface area contributed by atoms with E-state index in [-0.39, 0.29) is 25.0 Å². The molecule has 0 saturated carbocycles. The molecule has 0 saturated heterocycles. The van der Waals surface area contributed by atoms with Crippen LogP contribution in [-0.2, 0) is 16.1 Å². The van der Waals surface area contributed by atoms with Crippen molar-refractivity contribution in [3.8, 4) is 6.01 Å². The number of ketones is 1. The fraction of sp³-hybridized carbons (Fsp3) is 0.444. The van der Waals surface area contributed by atoms with Gasteiger partial charge in [-0.1, -0.05) is 6.92 Å². The molecule has 5 heteroatoms. The Morgan fingerprint density at radius 3 is 2.71 bits per heavy atom. The van der Waals surface area contributed by atoms with Crippen LogP contribution in [0.15, 0.2) is 12.4 Å². The first-order chi connectivity index (χ1) is 6.72. The van der Waals surface area contributed by atoms with E-state index in [1.54, 1.807) is 6.92 Å². The molecule has 5 nitrogen and oxygen atoms in total. The van der Waals surface area contributed by atoms with Gasteiger partial charge in [0.25, 0.3) is 0 Å². The Balaban J connectivity index is 2.31. The number of carbonyl (C=O) groups excluding carboxylic acids is 1. The van der Waals surface area contributed by atoms with Crippen molar-refractivity contribution in [2.75, 3.05) is 6.61 Å². The largest absolute Gasteiger partial charge is 0.479 e. The highest BCUT2D eigenvalue weighted by atomic mass is 16.5. The number of nitrogens with zero attached hydrogens (tertiary/aromatic N) is 2. The molecule has 76 valence electrons. The van der Waals surface area contributed by atoms with Crippen molar-refractivity contribution in [1.82, 2.24) is 9.97 Å². The van der Waals surface area contributed by atoms with E-state index in [0.717, 1.165) is 5.56 Å². The van der Waals surface area contributed by atoms with E-state index < -0.39 is 0 Å². The summed E-state index contributed by atoms with van der Waals surface area (Å²) < 4.78 is 5.10. The van der Waals surface area contributed by atoms with Crippen molar-refractivity contribution < 1.29 is 14.6 Å². The maximum Gasteiger partial charge on any atom is 0.313 e. The van der Waals surface area contributed by atoms with Gasteiger partial charge in [-0.25, -0.2) is 9.97 Å². The molecule has 0 aromatic carbocycles. The van der Waals surface area contributed by atoms with Gasteiger partial charge < -0.3 is 9.84 Å². The molecule has 0 unspecified atom stereocenters. The molecule has 0 spiro atoms. The first kappa shape index (κ1) is 10.6. The molecule has 0 aliphatic rings. The highest BCUT2D eigenvalue weighted by Crippen LogP contribution is 2.01. The van der Waals surface area contributed by atoms with Gasteiger partial charge in [0, 0.05) is 24.4 Å². The average molecular weight is 196 g/mol. The van der Waals surface area contributed by atoms with Crippen molar-refractivity contribution in [3.63, 3.8) is 0 Å². The van der Waals surface area contributed by atoms with Crippen LogP contribution in [0.3, 0.4) is 0 Å². The smallest absolute Gasteiger partial charge is 0.313 e. The molecule has 0 aliphatic carbocycles. The van der Waals surface area contributed by atoms with Crippen LogP contribution in [0.2, 0.25) is 0 Å². The molecule has 1 rings (SSSR count). The predicted octanol–water partition coefficient (Wildman–Crippen LogP) is 0.678. The molecular formula is C9H12N2O3. The van der Waals surface area contributed by atoms with Crippen molar-refractivity contribution in [3.05, 3.63) is 18.0 Å². The second-order valence-electron chi connectivity index (χ2n) is 2.78. The van der Waals surface area contributed by atoms with Crippen LogP contribution in [0, 0.1) is 0 Å². The van der Waals surface area contributed by atoms with E-state index in [2.05, 4.69) is 9.97 Å². The number of hydrogen-bond acceptors (Lipinski definition) is 5. The summed E-state index contributed by atoms with van der Waals surface area (Å²) in [6, 6.07) is -0.265. The first-order valence-corrected chi connectivity index (χ1v) is 4.31. The molecule has 0 aliphatic heterocycles. The number of ether oxygens (including phenoxy) is 1. The molecule has 0 atom stereocenters. The molecule has 1 aromatic rings. The molecule has 14 heavy (non-hydrogen) atoms. The van der Waals surface area contributed by atoms with Gasteiger partial charge in [-0.15, -0.1) is 0 Å². The molecule has 1 N–H and O–H groups in total. The molecular weight excluding hydrogens is 184 g/mol. The zero-order valence-electron chi connectivity index (χ0n) is 7.93. The third kappa shape index (κ3) is 3.49. The topological polar surface area (TPSA) is 72.3 Å². The van der Waals surface area contributed by atoms with Gasteiger partial charge in [0.1, 0.15) is 6.61 Å². The highest BCUT2D eigenvalue weighted by molar-refractivity contribution is 5.79. The minimum absolute atomic E-state index is 0.0599. The van der Waals surface area contributed by atoms with Crippen molar-refractivity contribution >= 4 is 5.78 Å². The van der Waals surface area contributed by atoms with Crippen LogP contribution in [-0.4, -0.2) is 27.5 Å². The number of carbonyl (C=O) groups is 1. The Kier molecular flexibility index (Phi) is 4.00. The van der Waals surface area contributed by atoms with Crippen LogP contribution in [0.1, 0.15) is 18.9 Å². The zero-order chi connectivity index (χ0) is 10.4. The summed E-state index contributed by atoms with van der Waals surface area (Å²) in [4.78, 5) is 18.0. The zero-order valence-corrected chi connectivity index (χ0v) is 7.93. The van der Waals surface area contributed by atoms with E-state index in [1.165, 1.54) is 12.4 Å². The lowest BCUT2D eigenvalue weighted by atomic mass is 10.3. The summed E-state index contributed by atoms with van der Waals surface area (Å²) in [6.45, 7) is 2.18. The number of hydrogen-bond donors (Lipinski definition) is 1. The van der Waals surface area contributed by atoms with Crippen molar-refractivity contribution in [1.29, 1.82) is 0 Å². The molecule has 1 aromatic heterocycles. The Labute approximate surface area is 81.8 Å². The molecule has 0 amide bonds. The maximum atomic E-state index is 10.9. The van der Waals surface area contributed by atoms with Crippen LogP contribution in [0.25, 0.3) is 0 Å². The normalized spacial score (nSPS) is 10.1. The van der Waals surface area contributed by atoms with Gasteiger partial charge in [-0.3, -0.25) is 4.79 Å². The Hall–Kier alpha value is -1.49. The highest BCUT2D eigenvalue weighted by Gasteiger charge is 1.99. The number of aromatic hydroxyl groups is 1. The third-order valence-electron chi connectivity index (χ3n) is 1.62. The van der Waals surface area contributed by atoms with E-state index in [0.29, 0.717) is 6.42 Å². The lowest BCUT2D eigenvalue weighted by molar-refractivity contribution is -0.123. The van der Waals surface area contributed by atoms with Gasteiger partial charge in [0.05, 0.1) is 6.61 Å². The number of aromatic nitrogens is 2. The van der Waals surface area contributed by atoms with Gasteiger partial charge >= 0.3 is 6.01 Å². The predicted molar refractivity (Wildman–Crippen MR) is 48.7 cm³/mol. The van der Waals surface area contributed by atoms with Crippen LogP contribution < -0.4 is 0 Å². The summed E-state index contributed by atoms with van der Waals surface area (Å²) in [7, 11) is 0. The summed E-state index contributed by atoms with van der Waals surface area (Å²) >= 11 is 0. The van der Waals surface area contributed by atoms with E-state index in [4.69, 9.17) is 9.84 Å². The van der Waals surface area contributed by atoms with Crippen LogP contribution >= 0.6 is 0 Å². The third-order valence-corrected chi connectivity index (χ3v) is 1.62. The van der Waals surface area contributed by atoms with Gasteiger partial charge in [-0.05, 0) is 0 Å². The van der Waals surface area contributed by atoms with E-state index in [9.17, 15) is 4.79 Å². The Morgan fingerprint density at radius 2 is 2.14 bits per heavy atom. The van der Waals surface area contributed by atoms with Crippen molar-refractivity contribution in [2.24, 2.45) is 0 Å². The Bertz CT molecular complexity index is 297. The van der Waals surface area contributed by atoms with Crippen LogP contribution in [0.4, 0.5) is 0 Å². The summed E-state index contributed by atoms with van der Waals surface area (Å²) in [5.74, 6) is 0.0599. The lowest BCUT2D eigenvalue weighted by Crippen LogP contribution is -2.07. The molecule has 0 bridgehead atoms. The summed E-state index contributed by atoms with van der Waals surface area (Å²) in [5.41, 5.74) is 0.728. The maximum absolute atomic E-state index is 10.9. The quantitative estimate of drug-likeness (QED) is 0.749. The molecule has 0 radical (unpaired) electrons. The van der Waals surface area contributed by atoms with E-state index in [1.807, 2.05) is 0 Å². The second kappa shape index (κ2) is 5.29. The summed E-state index contributed by atoms with van der Waals surface area (Å²) in [5, 5.41) is 8.79. The minimum atomic E-state index is -0.265. The summed E-state index contributed by atoms with van der Waals surface area (Å²) in [6.07, 6.45) is 3.39. The standard InChI is InChI=1S/C9H12N2O3/c1-2-8(12)6-14-5-7-3-10-9(13)11-4-7/h3-4H,2,5-6H2,1H3,(H,10,11,13). The monoisotopic (exact) mass is 196 g/mol. The Morgan fingerprint density at radius 1 is 1.50 bits per heavy atom. The van der Waals surface area contributed by atoms with Crippen molar-refractivity contribution in [2.45, 2.75) is 20.0 Å². The number of Topliss-reactive ketones (excluding diaryl/α,β-unsaturated/α-hetero) is 1. The van der Waals surface area contributed by atoms with Gasteiger partial charge in [0.2, 0.25) is 0 Å². The van der Waals surface area contributed by atoms with Crippen LogP contribution in [0.5, 0.6) is 6.01 Å². The number of rotatable bonds is 5. The lowest BCUT2D eigenvalue weighted by Gasteiger charge is -2.01. The average Bonchev–Trinajstić information content (AvgIpc) is 2.21. The van der Waals surface area contributed by atoms with Gasteiger partial charge in [0.15, 0.2) is 5.78 Å². The van der Waals surface area contributed by atoms with Gasteiger partial charge in [-0.2, -0.15) is 0 Å². The SMILES string of the molecule is CCC(=O)COCc1cnc(O)nc1. The minimum Gasteiger partial charge on any atom is -0.479 e. The second-order valence-corrected chi connectivity index (χ2v) is 2.78. The molecule has 1 heterocycles. The fourth-order valence-corrected chi connectivity index (χ4v) is 0.807. The van der Waals surface area contributed by atoms with E-state index >= 15 is 0 Å². The first-order valence-electron chi connectivity index (χ1n) is 4.31.